The first-order valence-electron chi connectivity index (χ1n) is 7.75. The summed E-state index contributed by atoms with van der Waals surface area (Å²) >= 11 is 1.63. The van der Waals surface area contributed by atoms with Crippen molar-refractivity contribution in [3.63, 3.8) is 0 Å². The third-order valence-corrected chi connectivity index (χ3v) is 4.90. The molecule has 1 aliphatic carbocycles. The standard InChI is InChI=1S/C15H21N5OS/c21-15(16-9-13-7-4-8-22-13)17-10-14-19-18-11-20(14)12-5-2-1-3-6-12/h4,7-8,11-12H,1-3,5-6,9-10H2,(H2,16,17,21). The van der Waals surface area contributed by atoms with Crippen LogP contribution >= 0.6 is 11.3 Å². The monoisotopic (exact) mass is 319 g/mol. The molecule has 1 saturated carbocycles. The second-order valence-electron chi connectivity index (χ2n) is 5.56. The van der Waals surface area contributed by atoms with E-state index in [9.17, 15) is 4.79 Å². The van der Waals surface area contributed by atoms with E-state index < -0.39 is 0 Å². The molecule has 2 heterocycles. The molecule has 0 atom stereocenters. The van der Waals surface area contributed by atoms with Crippen LogP contribution < -0.4 is 10.6 Å². The van der Waals surface area contributed by atoms with Crippen LogP contribution in [0.4, 0.5) is 4.79 Å². The lowest BCUT2D eigenvalue weighted by atomic mass is 9.95. The zero-order valence-corrected chi connectivity index (χ0v) is 13.3. The number of urea groups is 1. The van der Waals surface area contributed by atoms with Crippen LogP contribution in [0.2, 0.25) is 0 Å². The van der Waals surface area contributed by atoms with Crippen molar-refractivity contribution in [3.05, 3.63) is 34.5 Å². The third kappa shape index (κ3) is 3.85. The second-order valence-corrected chi connectivity index (χ2v) is 6.59. The van der Waals surface area contributed by atoms with E-state index in [1.165, 1.54) is 32.1 Å². The van der Waals surface area contributed by atoms with Crippen LogP contribution in [0.25, 0.3) is 0 Å². The number of carbonyl (C=O) groups is 1. The Hall–Kier alpha value is -1.89. The number of hydrogen-bond acceptors (Lipinski definition) is 4. The molecule has 2 N–H and O–H groups in total. The minimum atomic E-state index is -0.174. The minimum Gasteiger partial charge on any atom is -0.333 e. The van der Waals surface area contributed by atoms with Gasteiger partial charge < -0.3 is 15.2 Å². The molecule has 0 saturated heterocycles. The van der Waals surface area contributed by atoms with Crippen molar-refractivity contribution in [2.75, 3.05) is 0 Å². The normalized spacial score (nSPS) is 15.6. The van der Waals surface area contributed by atoms with Crippen LogP contribution in [0.5, 0.6) is 0 Å². The molecule has 118 valence electrons. The van der Waals surface area contributed by atoms with Crippen LogP contribution in [0.3, 0.4) is 0 Å². The predicted molar refractivity (Wildman–Crippen MR) is 85.5 cm³/mol. The minimum absolute atomic E-state index is 0.174. The zero-order valence-electron chi connectivity index (χ0n) is 12.5. The van der Waals surface area contributed by atoms with Crippen molar-refractivity contribution in [1.29, 1.82) is 0 Å². The molecular weight excluding hydrogens is 298 g/mol. The van der Waals surface area contributed by atoms with Gasteiger partial charge in [-0.3, -0.25) is 0 Å². The predicted octanol–water partition coefficient (Wildman–Crippen LogP) is 2.84. The van der Waals surface area contributed by atoms with E-state index in [2.05, 4.69) is 25.4 Å². The number of carbonyl (C=O) groups excluding carboxylic acids is 1. The first-order chi connectivity index (χ1) is 10.8. The van der Waals surface area contributed by atoms with Gasteiger partial charge in [-0.25, -0.2) is 4.79 Å². The summed E-state index contributed by atoms with van der Waals surface area (Å²) in [5.74, 6) is 0.832. The highest BCUT2D eigenvalue weighted by Gasteiger charge is 2.18. The number of aromatic nitrogens is 3. The molecule has 1 aliphatic rings. The highest BCUT2D eigenvalue weighted by molar-refractivity contribution is 7.09. The van der Waals surface area contributed by atoms with Crippen molar-refractivity contribution in [1.82, 2.24) is 25.4 Å². The maximum atomic E-state index is 11.8. The van der Waals surface area contributed by atoms with Gasteiger partial charge in [-0.05, 0) is 24.3 Å². The summed E-state index contributed by atoms with van der Waals surface area (Å²) in [7, 11) is 0. The first kappa shape index (κ1) is 15.0. The number of nitrogens with zero attached hydrogens (tertiary/aromatic N) is 3. The largest absolute Gasteiger partial charge is 0.333 e. The Morgan fingerprint density at radius 3 is 2.86 bits per heavy atom. The highest BCUT2D eigenvalue weighted by Crippen LogP contribution is 2.28. The Morgan fingerprint density at radius 1 is 1.27 bits per heavy atom. The van der Waals surface area contributed by atoms with E-state index in [0.29, 0.717) is 19.1 Å². The third-order valence-electron chi connectivity index (χ3n) is 4.03. The molecular formula is C15H21N5OS. The fourth-order valence-electron chi connectivity index (χ4n) is 2.86. The average Bonchev–Trinajstić information content (AvgIpc) is 3.23. The van der Waals surface area contributed by atoms with Gasteiger partial charge in [0.2, 0.25) is 0 Å². The van der Waals surface area contributed by atoms with Crippen LogP contribution in [0.1, 0.15) is 48.8 Å². The van der Waals surface area contributed by atoms with E-state index in [-0.39, 0.29) is 6.03 Å². The summed E-state index contributed by atoms with van der Waals surface area (Å²) in [6, 6.07) is 4.29. The second kappa shape index (κ2) is 7.40. The molecule has 2 aromatic heterocycles. The Bertz CT molecular complexity index is 589. The van der Waals surface area contributed by atoms with Crippen molar-refractivity contribution in [2.45, 2.75) is 51.2 Å². The summed E-state index contributed by atoms with van der Waals surface area (Å²) < 4.78 is 2.12. The van der Waals surface area contributed by atoms with Gasteiger partial charge in [-0.1, -0.05) is 25.3 Å². The molecule has 0 aliphatic heterocycles. The van der Waals surface area contributed by atoms with Gasteiger partial charge in [0.05, 0.1) is 13.1 Å². The number of thiophene rings is 1. The summed E-state index contributed by atoms with van der Waals surface area (Å²) in [6.07, 6.45) is 7.98. The lowest BCUT2D eigenvalue weighted by Gasteiger charge is -2.24. The summed E-state index contributed by atoms with van der Waals surface area (Å²) in [4.78, 5) is 13.0. The zero-order chi connectivity index (χ0) is 15.2. The lowest BCUT2D eigenvalue weighted by molar-refractivity contribution is 0.239. The van der Waals surface area contributed by atoms with E-state index in [0.717, 1.165) is 10.7 Å². The van der Waals surface area contributed by atoms with Gasteiger partial charge in [0.15, 0.2) is 5.82 Å². The van der Waals surface area contributed by atoms with E-state index in [4.69, 9.17) is 0 Å². The molecule has 3 rings (SSSR count). The number of rotatable bonds is 5. The average molecular weight is 319 g/mol. The molecule has 0 spiro atoms. The number of hydrogen-bond donors (Lipinski definition) is 2. The van der Waals surface area contributed by atoms with Gasteiger partial charge in [0.1, 0.15) is 6.33 Å². The molecule has 6 nitrogen and oxygen atoms in total. The smallest absolute Gasteiger partial charge is 0.315 e. The van der Waals surface area contributed by atoms with Crippen LogP contribution in [0.15, 0.2) is 23.8 Å². The van der Waals surface area contributed by atoms with Crippen LogP contribution in [0, 0.1) is 0 Å². The number of nitrogens with one attached hydrogen (secondary N) is 2. The Labute approximate surface area is 133 Å². The lowest BCUT2D eigenvalue weighted by Crippen LogP contribution is -2.35. The molecule has 1 fully saturated rings. The first-order valence-corrected chi connectivity index (χ1v) is 8.63. The summed E-state index contributed by atoms with van der Waals surface area (Å²) in [5.41, 5.74) is 0. The Kier molecular flexibility index (Phi) is 5.05. The van der Waals surface area contributed by atoms with Crippen LogP contribution in [-0.2, 0) is 13.1 Å². The van der Waals surface area contributed by atoms with Gasteiger partial charge in [0, 0.05) is 10.9 Å². The van der Waals surface area contributed by atoms with Gasteiger partial charge in [0.25, 0.3) is 0 Å². The van der Waals surface area contributed by atoms with Crippen molar-refractivity contribution in [2.24, 2.45) is 0 Å². The SMILES string of the molecule is O=C(NCc1cccs1)NCc1nncn1C1CCCCC1. The molecule has 2 aromatic rings. The molecule has 0 unspecified atom stereocenters. The topological polar surface area (TPSA) is 71.8 Å². The maximum absolute atomic E-state index is 11.8. The van der Waals surface area contributed by atoms with Crippen molar-refractivity contribution >= 4 is 17.4 Å². The molecule has 7 heteroatoms. The molecule has 22 heavy (non-hydrogen) atoms. The van der Waals surface area contributed by atoms with Gasteiger partial charge in [-0.2, -0.15) is 0 Å². The summed E-state index contributed by atoms with van der Waals surface area (Å²) in [6.45, 7) is 0.964. The van der Waals surface area contributed by atoms with Crippen LogP contribution in [-0.4, -0.2) is 20.8 Å². The molecule has 0 bridgehead atoms. The van der Waals surface area contributed by atoms with Crippen molar-refractivity contribution in [3.8, 4) is 0 Å². The fraction of sp³-hybridized carbons (Fsp3) is 0.533. The van der Waals surface area contributed by atoms with Gasteiger partial charge in [-0.15, -0.1) is 21.5 Å². The molecule has 0 radical (unpaired) electrons. The van der Waals surface area contributed by atoms with E-state index in [1.54, 1.807) is 17.7 Å². The number of amides is 2. The van der Waals surface area contributed by atoms with Crippen molar-refractivity contribution < 1.29 is 4.79 Å². The molecule has 2 amide bonds. The highest BCUT2D eigenvalue weighted by atomic mass is 32.1. The van der Waals surface area contributed by atoms with Gasteiger partial charge >= 0.3 is 6.03 Å². The van der Waals surface area contributed by atoms with E-state index in [1.807, 2.05) is 17.5 Å². The fourth-order valence-corrected chi connectivity index (χ4v) is 3.50. The summed E-state index contributed by atoms with van der Waals surface area (Å²) in [5, 5.41) is 15.9. The van der Waals surface area contributed by atoms with E-state index >= 15 is 0 Å². The Balaban J connectivity index is 1.48. The maximum Gasteiger partial charge on any atom is 0.315 e. The Morgan fingerprint density at radius 2 is 2.09 bits per heavy atom. The quantitative estimate of drug-likeness (QED) is 0.890. The molecule has 0 aromatic carbocycles.